The van der Waals surface area contributed by atoms with Crippen LogP contribution in [0.5, 0.6) is 0 Å². The summed E-state index contributed by atoms with van der Waals surface area (Å²) in [6.45, 7) is 0.938. The minimum absolute atomic E-state index is 0.000488. The number of nitrogens with zero attached hydrogens (tertiary/aromatic N) is 1. The zero-order chi connectivity index (χ0) is 23.7. The molecule has 0 radical (unpaired) electrons. The summed E-state index contributed by atoms with van der Waals surface area (Å²) in [5.41, 5.74) is 4.58. The number of hydrogen-bond acceptors (Lipinski definition) is 3. The molecule has 0 saturated carbocycles. The van der Waals surface area contributed by atoms with Crippen molar-refractivity contribution < 1.29 is 19.4 Å². The van der Waals surface area contributed by atoms with Crippen LogP contribution < -0.4 is 0 Å². The largest absolute Gasteiger partial charge is 0.481 e. The fourth-order valence-electron chi connectivity index (χ4n) is 5.28. The average Bonchev–Trinajstić information content (AvgIpc) is 3.18. The molecule has 0 aromatic heterocycles. The summed E-state index contributed by atoms with van der Waals surface area (Å²) in [4.78, 5) is 26.8. The summed E-state index contributed by atoms with van der Waals surface area (Å²) in [6.07, 6.45) is 0.675. The Kier molecular flexibility index (Phi) is 6.05. The first-order valence-electron chi connectivity index (χ1n) is 11.6. The molecule has 174 valence electrons. The molecule has 6 heteroatoms. The predicted octanol–water partition coefficient (Wildman–Crippen LogP) is 6.00. The third-order valence-electron chi connectivity index (χ3n) is 7.26. The first-order chi connectivity index (χ1) is 16.5. The quantitative estimate of drug-likeness (QED) is 0.491. The van der Waals surface area contributed by atoms with Crippen LogP contribution in [-0.4, -0.2) is 41.8 Å². The molecule has 5 nitrogen and oxygen atoms in total. The molecule has 34 heavy (non-hydrogen) atoms. The fourth-order valence-corrected chi connectivity index (χ4v) is 5.48. The second kappa shape index (κ2) is 9.15. The number of amides is 1. The van der Waals surface area contributed by atoms with E-state index in [2.05, 4.69) is 24.3 Å². The van der Waals surface area contributed by atoms with Gasteiger partial charge >= 0.3 is 12.1 Å². The summed E-state index contributed by atoms with van der Waals surface area (Å²) in [5.74, 6) is -0.848. The number of fused-ring (bicyclic) bond motifs is 3. The highest BCUT2D eigenvalue weighted by Crippen LogP contribution is 2.44. The molecule has 0 bridgehead atoms. The SMILES string of the molecule is O=C(OCC1c2ccccc2-c2ccccc21)N1CCC(Cc2ccccc2Cl)(C(=O)O)CC1. The Hall–Kier alpha value is -3.31. The van der Waals surface area contributed by atoms with Crippen molar-refractivity contribution in [3.8, 4) is 11.1 Å². The van der Waals surface area contributed by atoms with Gasteiger partial charge in [-0.2, -0.15) is 0 Å². The molecule has 1 N–H and O–H groups in total. The van der Waals surface area contributed by atoms with E-state index in [0.29, 0.717) is 37.4 Å². The van der Waals surface area contributed by atoms with Gasteiger partial charge < -0.3 is 14.7 Å². The number of likely N-dealkylation sites (tertiary alicyclic amines) is 1. The maximum Gasteiger partial charge on any atom is 0.409 e. The van der Waals surface area contributed by atoms with Gasteiger partial charge in [0.15, 0.2) is 0 Å². The van der Waals surface area contributed by atoms with Gasteiger partial charge in [0.2, 0.25) is 0 Å². The molecule has 0 spiro atoms. The molecule has 0 atom stereocenters. The highest BCUT2D eigenvalue weighted by atomic mass is 35.5. The van der Waals surface area contributed by atoms with Crippen molar-refractivity contribution in [1.82, 2.24) is 4.90 Å². The summed E-state index contributed by atoms with van der Waals surface area (Å²) in [5, 5.41) is 10.6. The number of carboxylic acids is 1. The Balaban J connectivity index is 1.24. The average molecular weight is 476 g/mol. The van der Waals surface area contributed by atoms with E-state index < -0.39 is 17.5 Å². The first-order valence-corrected chi connectivity index (χ1v) is 11.9. The van der Waals surface area contributed by atoms with Crippen LogP contribution in [0.3, 0.4) is 0 Å². The van der Waals surface area contributed by atoms with E-state index in [1.807, 2.05) is 42.5 Å². The maximum absolute atomic E-state index is 12.9. The second-order valence-corrected chi connectivity index (χ2v) is 9.55. The lowest BCUT2D eigenvalue weighted by Crippen LogP contribution is -2.48. The van der Waals surface area contributed by atoms with Crippen LogP contribution in [0.1, 0.15) is 35.4 Å². The number of hydrogen-bond donors (Lipinski definition) is 1. The van der Waals surface area contributed by atoms with E-state index in [-0.39, 0.29) is 12.5 Å². The van der Waals surface area contributed by atoms with E-state index in [9.17, 15) is 14.7 Å². The Morgan fingerprint density at radius 3 is 2.06 bits per heavy atom. The van der Waals surface area contributed by atoms with Gasteiger partial charge in [-0.05, 0) is 53.1 Å². The fraction of sp³-hybridized carbons (Fsp3) is 0.286. The summed E-state index contributed by atoms with van der Waals surface area (Å²) < 4.78 is 5.76. The third kappa shape index (κ3) is 4.05. The number of benzene rings is 3. The van der Waals surface area contributed by atoms with Crippen LogP contribution in [0.2, 0.25) is 5.02 Å². The molecule has 1 heterocycles. The Morgan fingerprint density at radius 2 is 1.47 bits per heavy atom. The van der Waals surface area contributed by atoms with Gasteiger partial charge in [0.25, 0.3) is 0 Å². The number of carbonyl (C=O) groups is 2. The minimum atomic E-state index is -0.939. The van der Waals surface area contributed by atoms with Crippen molar-refractivity contribution in [2.75, 3.05) is 19.7 Å². The molecule has 3 aromatic rings. The minimum Gasteiger partial charge on any atom is -0.481 e. The van der Waals surface area contributed by atoms with Gasteiger partial charge in [-0.25, -0.2) is 4.79 Å². The zero-order valence-corrected chi connectivity index (χ0v) is 19.5. The van der Waals surface area contributed by atoms with Crippen molar-refractivity contribution in [3.63, 3.8) is 0 Å². The lowest BCUT2D eigenvalue weighted by molar-refractivity contribution is -0.151. The molecule has 1 aliphatic carbocycles. The monoisotopic (exact) mass is 475 g/mol. The Bertz CT molecular complexity index is 1190. The second-order valence-electron chi connectivity index (χ2n) is 9.14. The van der Waals surface area contributed by atoms with Crippen LogP contribution in [0, 0.1) is 5.41 Å². The lowest BCUT2D eigenvalue weighted by Gasteiger charge is -2.38. The molecule has 5 rings (SSSR count). The number of halogens is 1. The van der Waals surface area contributed by atoms with Gasteiger partial charge in [0.05, 0.1) is 5.41 Å². The van der Waals surface area contributed by atoms with E-state index >= 15 is 0 Å². The predicted molar refractivity (Wildman–Crippen MR) is 131 cm³/mol. The molecule has 1 aliphatic heterocycles. The Labute approximate surface area is 203 Å². The van der Waals surface area contributed by atoms with Crippen LogP contribution in [0.25, 0.3) is 11.1 Å². The molecule has 1 amide bonds. The van der Waals surface area contributed by atoms with Crippen molar-refractivity contribution in [3.05, 3.63) is 94.5 Å². The highest BCUT2D eigenvalue weighted by molar-refractivity contribution is 6.31. The molecule has 2 aliphatic rings. The van der Waals surface area contributed by atoms with Gasteiger partial charge in [0.1, 0.15) is 6.61 Å². The van der Waals surface area contributed by atoms with Crippen LogP contribution in [0.15, 0.2) is 72.8 Å². The van der Waals surface area contributed by atoms with Crippen LogP contribution >= 0.6 is 11.6 Å². The molecular formula is C28H26ClNO4. The summed E-state index contributed by atoms with van der Waals surface area (Å²) >= 11 is 6.29. The molecule has 3 aromatic carbocycles. The van der Waals surface area contributed by atoms with Crippen molar-refractivity contribution in [1.29, 1.82) is 0 Å². The van der Waals surface area contributed by atoms with Gasteiger partial charge in [-0.1, -0.05) is 78.3 Å². The number of carbonyl (C=O) groups excluding carboxylic acids is 1. The number of rotatable bonds is 5. The van der Waals surface area contributed by atoms with E-state index in [4.69, 9.17) is 16.3 Å². The highest BCUT2D eigenvalue weighted by Gasteiger charge is 2.43. The Morgan fingerprint density at radius 1 is 0.912 bits per heavy atom. The van der Waals surface area contributed by atoms with Crippen LogP contribution in [-0.2, 0) is 16.0 Å². The normalized spacial score (nSPS) is 16.6. The summed E-state index contributed by atoms with van der Waals surface area (Å²) in [7, 11) is 0. The van der Waals surface area contributed by atoms with Crippen molar-refractivity contribution in [2.45, 2.75) is 25.2 Å². The molecule has 0 unspecified atom stereocenters. The number of aliphatic carboxylic acids is 1. The third-order valence-corrected chi connectivity index (χ3v) is 7.62. The van der Waals surface area contributed by atoms with Crippen LogP contribution in [0.4, 0.5) is 4.79 Å². The van der Waals surface area contributed by atoms with Gasteiger partial charge in [0, 0.05) is 24.0 Å². The number of ether oxygens (including phenoxy) is 1. The first kappa shape index (κ1) is 22.5. The molecular weight excluding hydrogens is 450 g/mol. The number of piperidine rings is 1. The topological polar surface area (TPSA) is 66.8 Å². The van der Waals surface area contributed by atoms with E-state index in [0.717, 1.165) is 5.56 Å². The molecule has 1 fully saturated rings. The lowest BCUT2D eigenvalue weighted by atomic mass is 9.74. The molecule has 1 saturated heterocycles. The van der Waals surface area contributed by atoms with E-state index in [1.54, 1.807) is 11.0 Å². The standard InChI is InChI=1S/C28H26ClNO4/c29-25-12-6-1-7-19(25)17-28(26(31)32)13-15-30(16-14-28)27(33)34-18-24-22-10-4-2-8-20(22)21-9-3-5-11-23(21)24/h1-12,24H,13-18H2,(H,31,32). The van der Waals surface area contributed by atoms with Crippen molar-refractivity contribution in [2.24, 2.45) is 5.41 Å². The summed E-state index contributed by atoms with van der Waals surface area (Å²) in [6, 6.07) is 23.8. The van der Waals surface area contributed by atoms with E-state index in [1.165, 1.54) is 22.3 Å². The van der Waals surface area contributed by atoms with Gasteiger partial charge in [-0.3, -0.25) is 4.79 Å². The maximum atomic E-state index is 12.9. The van der Waals surface area contributed by atoms with Gasteiger partial charge in [-0.15, -0.1) is 0 Å². The van der Waals surface area contributed by atoms with Crippen molar-refractivity contribution >= 4 is 23.7 Å². The smallest absolute Gasteiger partial charge is 0.409 e. The zero-order valence-electron chi connectivity index (χ0n) is 18.7. The number of carboxylic acid groups (broad SMARTS) is 1.